The summed E-state index contributed by atoms with van der Waals surface area (Å²) >= 11 is 7.40. The third kappa shape index (κ3) is 3.18. The fourth-order valence-electron chi connectivity index (χ4n) is 2.18. The highest BCUT2D eigenvalue weighted by Gasteiger charge is 2.18. The summed E-state index contributed by atoms with van der Waals surface area (Å²) in [5.41, 5.74) is 6.53. The number of carbonyl (C=O) groups is 1. The molecule has 1 aromatic carbocycles. The topological polar surface area (TPSA) is 80.9 Å². The number of amides is 1. The second-order valence-electron chi connectivity index (χ2n) is 4.77. The molecule has 0 saturated carbocycles. The summed E-state index contributed by atoms with van der Waals surface area (Å²) in [4.78, 5) is 20.9. The number of hydrogen-bond acceptors (Lipinski definition) is 5. The lowest BCUT2D eigenvalue weighted by atomic mass is 10.1. The molecule has 0 aliphatic rings. The summed E-state index contributed by atoms with van der Waals surface area (Å²) in [5, 5.41) is 5.96. The fraction of sp³-hybridized carbons (Fsp3) is 0.133. The molecule has 7 heteroatoms. The van der Waals surface area contributed by atoms with Crippen LogP contribution in [0.4, 0.5) is 5.82 Å². The lowest BCUT2D eigenvalue weighted by Crippen LogP contribution is -2.37. The molecule has 0 aliphatic carbocycles. The van der Waals surface area contributed by atoms with Crippen LogP contribution in [0, 0.1) is 0 Å². The Morgan fingerprint density at radius 3 is 2.77 bits per heavy atom. The van der Waals surface area contributed by atoms with E-state index in [0.717, 1.165) is 15.8 Å². The first-order valence-corrected chi connectivity index (χ1v) is 7.90. The SMILES string of the molecule is NC(=O)C(Cc1ccccc1)Nc1nc(Cl)nc2sccc12. The van der Waals surface area contributed by atoms with Crippen molar-refractivity contribution in [3.05, 3.63) is 52.6 Å². The number of halogens is 1. The average Bonchev–Trinajstić information content (AvgIpc) is 2.95. The van der Waals surface area contributed by atoms with Crippen molar-refractivity contribution in [2.45, 2.75) is 12.5 Å². The number of nitrogens with two attached hydrogens (primary N) is 1. The first kappa shape index (κ1) is 14.7. The van der Waals surface area contributed by atoms with Crippen molar-refractivity contribution in [2.24, 2.45) is 5.73 Å². The Morgan fingerprint density at radius 1 is 1.27 bits per heavy atom. The summed E-state index contributed by atoms with van der Waals surface area (Å²) in [7, 11) is 0. The molecule has 2 heterocycles. The van der Waals surface area contributed by atoms with E-state index in [1.54, 1.807) is 0 Å². The van der Waals surface area contributed by atoms with Crippen LogP contribution in [-0.2, 0) is 11.2 Å². The van der Waals surface area contributed by atoms with Gasteiger partial charge in [-0.2, -0.15) is 0 Å². The molecule has 3 N–H and O–H groups in total. The van der Waals surface area contributed by atoms with Gasteiger partial charge in [0.1, 0.15) is 16.7 Å². The van der Waals surface area contributed by atoms with Gasteiger partial charge in [0.25, 0.3) is 0 Å². The molecule has 0 radical (unpaired) electrons. The molecule has 3 rings (SSSR count). The molecule has 0 saturated heterocycles. The molecule has 0 fully saturated rings. The van der Waals surface area contributed by atoms with E-state index in [-0.39, 0.29) is 5.28 Å². The number of nitrogens with zero attached hydrogens (tertiary/aromatic N) is 2. The first-order chi connectivity index (χ1) is 10.6. The zero-order valence-corrected chi connectivity index (χ0v) is 13.1. The Balaban J connectivity index is 1.90. The van der Waals surface area contributed by atoms with Crippen molar-refractivity contribution in [1.82, 2.24) is 9.97 Å². The highest BCUT2D eigenvalue weighted by Crippen LogP contribution is 2.27. The summed E-state index contributed by atoms with van der Waals surface area (Å²) < 4.78 is 0. The van der Waals surface area contributed by atoms with Crippen LogP contribution in [0.2, 0.25) is 5.28 Å². The zero-order chi connectivity index (χ0) is 15.5. The van der Waals surface area contributed by atoms with Gasteiger partial charge in [0.2, 0.25) is 11.2 Å². The number of carbonyl (C=O) groups excluding carboxylic acids is 1. The monoisotopic (exact) mass is 332 g/mol. The Labute approximate surface area is 136 Å². The minimum atomic E-state index is -0.573. The Hall–Kier alpha value is -2.18. The zero-order valence-electron chi connectivity index (χ0n) is 11.5. The van der Waals surface area contributed by atoms with E-state index in [9.17, 15) is 4.79 Å². The maximum Gasteiger partial charge on any atom is 0.240 e. The van der Waals surface area contributed by atoms with E-state index in [1.165, 1.54) is 11.3 Å². The highest BCUT2D eigenvalue weighted by atomic mass is 35.5. The summed E-state index contributed by atoms with van der Waals surface area (Å²) in [6.07, 6.45) is 0.476. The molecule has 0 aliphatic heterocycles. The van der Waals surface area contributed by atoms with Crippen LogP contribution in [0.1, 0.15) is 5.56 Å². The summed E-state index contributed by atoms with van der Waals surface area (Å²) in [5.74, 6) is 0.0814. The van der Waals surface area contributed by atoms with Gasteiger partial charge in [0, 0.05) is 6.42 Å². The van der Waals surface area contributed by atoms with Crippen molar-refractivity contribution in [2.75, 3.05) is 5.32 Å². The number of hydrogen-bond donors (Lipinski definition) is 2. The number of anilines is 1. The number of fused-ring (bicyclic) bond motifs is 1. The van der Waals surface area contributed by atoms with Gasteiger partial charge in [-0.25, -0.2) is 9.97 Å². The number of thiophene rings is 1. The van der Waals surface area contributed by atoms with Gasteiger partial charge in [-0.3, -0.25) is 4.79 Å². The quantitative estimate of drug-likeness (QED) is 0.704. The number of rotatable bonds is 5. The third-order valence-electron chi connectivity index (χ3n) is 3.23. The van der Waals surface area contributed by atoms with Crippen molar-refractivity contribution >= 4 is 44.9 Å². The standard InChI is InChI=1S/C15H13ClN4OS/c16-15-19-13(10-6-7-22-14(10)20-15)18-11(12(17)21)8-9-4-2-1-3-5-9/h1-7,11H,8H2,(H2,17,21)(H,18,19,20). The number of nitrogens with one attached hydrogen (secondary N) is 1. The molecule has 1 unspecified atom stereocenters. The molecule has 1 amide bonds. The molecular weight excluding hydrogens is 320 g/mol. The Morgan fingerprint density at radius 2 is 2.05 bits per heavy atom. The van der Waals surface area contributed by atoms with Gasteiger partial charge in [0.05, 0.1) is 5.39 Å². The molecule has 2 aromatic heterocycles. The van der Waals surface area contributed by atoms with Crippen LogP contribution >= 0.6 is 22.9 Å². The predicted molar refractivity (Wildman–Crippen MR) is 89.2 cm³/mol. The fourth-order valence-corrected chi connectivity index (χ4v) is 3.16. The maximum absolute atomic E-state index is 11.8. The minimum Gasteiger partial charge on any atom is -0.368 e. The molecule has 0 bridgehead atoms. The van der Waals surface area contributed by atoms with E-state index in [1.807, 2.05) is 41.8 Å². The Kier molecular flexibility index (Phi) is 4.22. The van der Waals surface area contributed by atoms with Crippen LogP contribution in [0.25, 0.3) is 10.2 Å². The smallest absolute Gasteiger partial charge is 0.240 e. The van der Waals surface area contributed by atoms with Gasteiger partial charge in [-0.05, 0) is 28.6 Å². The van der Waals surface area contributed by atoms with Gasteiger partial charge >= 0.3 is 0 Å². The minimum absolute atomic E-state index is 0.139. The van der Waals surface area contributed by atoms with E-state index in [2.05, 4.69) is 15.3 Å². The van der Waals surface area contributed by atoms with Crippen LogP contribution in [0.5, 0.6) is 0 Å². The summed E-state index contributed by atoms with van der Waals surface area (Å²) in [6.45, 7) is 0. The predicted octanol–water partition coefficient (Wildman–Crippen LogP) is 2.85. The number of aromatic nitrogens is 2. The van der Waals surface area contributed by atoms with E-state index in [4.69, 9.17) is 17.3 Å². The molecule has 5 nitrogen and oxygen atoms in total. The number of primary amides is 1. The lowest BCUT2D eigenvalue weighted by Gasteiger charge is -2.16. The van der Waals surface area contributed by atoms with Crippen molar-refractivity contribution in [1.29, 1.82) is 0 Å². The van der Waals surface area contributed by atoms with E-state index >= 15 is 0 Å². The molecule has 112 valence electrons. The third-order valence-corrected chi connectivity index (χ3v) is 4.21. The first-order valence-electron chi connectivity index (χ1n) is 6.64. The van der Waals surface area contributed by atoms with Crippen molar-refractivity contribution in [3.63, 3.8) is 0 Å². The second-order valence-corrected chi connectivity index (χ2v) is 6.00. The van der Waals surface area contributed by atoms with Crippen molar-refractivity contribution in [3.8, 4) is 0 Å². The van der Waals surface area contributed by atoms with Gasteiger partial charge in [-0.1, -0.05) is 30.3 Å². The number of benzene rings is 1. The van der Waals surface area contributed by atoms with Crippen molar-refractivity contribution < 1.29 is 4.79 Å². The molecule has 1 atom stereocenters. The van der Waals surface area contributed by atoms with Crippen LogP contribution in [0.3, 0.4) is 0 Å². The average molecular weight is 333 g/mol. The molecule has 3 aromatic rings. The lowest BCUT2D eigenvalue weighted by molar-refractivity contribution is -0.118. The van der Waals surface area contributed by atoms with Crippen LogP contribution < -0.4 is 11.1 Å². The molecular formula is C15H13ClN4OS. The molecule has 0 spiro atoms. The van der Waals surface area contributed by atoms with E-state index in [0.29, 0.717) is 12.2 Å². The van der Waals surface area contributed by atoms with Gasteiger partial charge in [-0.15, -0.1) is 11.3 Å². The maximum atomic E-state index is 11.8. The van der Waals surface area contributed by atoms with Gasteiger partial charge in [0.15, 0.2) is 0 Å². The second kappa shape index (κ2) is 6.29. The van der Waals surface area contributed by atoms with Crippen LogP contribution in [-0.4, -0.2) is 21.9 Å². The Bertz CT molecular complexity index is 806. The molecule has 22 heavy (non-hydrogen) atoms. The normalized spacial score (nSPS) is 12.2. The van der Waals surface area contributed by atoms with Gasteiger partial charge < -0.3 is 11.1 Å². The summed E-state index contributed by atoms with van der Waals surface area (Å²) in [6, 6.07) is 11.0. The van der Waals surface area contributed by atoms with Crippen LogP contribution in [0.15, 0.2) is 41.8 Å². The van der Waals surface area contributed by atoms with E-state index < -0.39 is 11.9 Å². The highest BCUT2D eigenvalue weighted by molar-refractivity contribution is 7.16. The largest absolute Gasteiger partial charge is 0.368 e.